The average molecular weight is 821 g/mol. The van der Waals surface area contributed by atoms with Gasteiger partial charge in [0.15, 0.2) is 18.4 Å². The first-order valence-corrected chi connectivity index (χ1v) is 19.1. The number of rotatable bonds is 14. The molecule has 1 fully saturated rings. The molecule has 0 amide bonds. The van der Waals surface area contributed by atoms with Gasteiger partial charge in [0, 0.05) is 70.6 Å². The monoisotopic (exact) mass is 820 g/mol. The molecule has 0 radical (unpaired) electrons. The number of ether oxygens (including phenoxy) is 4. The number of nitrogens with two attached hydrogens (primary N) is 3. The van der Waals surface area contributed by atoms with Crippen molar-refractivity contribution in [3.8, 4) is 0 Å². The van der Waals surface area contributed by atoms with Crippen LogP contribution in [0, 0.1) is 5.82 Å². The van der Waals surface area contributed by atoms with Crippen molar-refractivity contribution in [2.75, 3.05) is 6.61 Å². The van der Waals surface area contributed by atoms with E-state index in [1.54, 1.807) is 18.6 Å². The molecule has 8 rings (SSSR count). The zero-order chi connectivity index (χ0) is 42.1. The average Bonchev–Trinajstić information content (AvgIpc) is 4.04. The number of benzene rings is 3. The lowest BCUT2D eigenvalue weighted by Crippen LogP contribution is -2.48. The van der Waals surface area contributed by atoms with Crippen molar-refractivity contribution in [3.05, 3.63) is 141 Å². The predicted molar refractivity (Wildman–Crippen MR) is 216 cm³/mol. The van der Waals surface area contributed by atoms with Crippen molar-refractivity contribution < 1.29 is 37.7 Å². The number of para-hydroxylation sites is 3. The van der Waals surface area contributed by atoms with Gasteiger partial charge in [-0.3, -0.25) is 28.7 Å². The minimum atomic E-state index is -1.74. The van der Waals surface area contributed by atoms with Crippen LogP contribution in [0.1, 0.15) is 22.9 Å². The molecule has 0 spiro atoms. The summed E-state index contributed by atoms with van der Waals surface area (Å²) in [5.74, 6) is -4.19. The second-order valence-electron chi connectivity index (χ2n) is 14.7. The number of hydrogen-bond donors (Lipinski definition) is 7. The Labute approximate surface area is 338 Å². The Balaban J connectivity index is 1.08. The summed E-state index contributed by atoms with van der Waals surface area (Å²) in [6.45, 7) is -0.636. The van der Waals surface area contributed by atoms with Crippen LogP contribution in [0.25, 0.3) is 32.7 Å². The summed E-state index contributed by atoms with van der Waals surface area (Å²) in [6.07, 6.45) is -0.697. The van der Waals surface area contributed by atoms with Crippen LogP contribution in [-0.2, 0) is 52.6 Å². The molecule has 0 bridgehead atoms. The second-order valence-corrected chi connectivity index (χ2v) is 14.7. The lowest BCUT2D eigenvalue weighted by atomic mass is 10.0. The van der Waals surface area contributed by atoms with E-state index >= 15 is 0 Å². The van der Waals surface area contributed by atoms with Crippen LogP contribution in [0.15, 0.2) is 107 Å². The number of carbonyl (C=O) groups excluding carboxylic acids is 3. The van der Waals surface area contributed by atoms with Crippen molar-refractivity contribution in [3.63, 3.8) is 0 Å². The number of esters is 3. The molecule has 7 atom stereocenters. The molecule has 5 heterocycles. The van der Waals surface area contributed by atoms with Crippen LogP contribution < -0.4 is 28.5 Å². The zero-order valence-corrected chi connectivity index (χ0v) is 31.8. The van der Waals surface area contributed by atoms with E-state index in [0.717, 1.165) is 38.3 Å². The molecule has 60 heavy (non-hydrogen) atoms. The third kappa shape index (κ3) is 8.08. The molecule has 3 aromatic carbocycles. The SMILES string of the molecule is NC(Cc1c[nH]c2ccccc12)C(=O)OC[C@H]1O[C@@H](n2cc(F)c(=O)[nH]c2=O)[C@@H](OC(=O)C(N)Cc2c[nH]c3ccccc23)[C@H]1OC(=O)C(N)Cc1c[nH]c2ccccc12. The minimum absolute atomic E-state index is 0.00360. The van der Waals surface area contributed by atoms with E-state index in [4.69, 9.17) is 36.1 Å². The number of halogens is 1. The molecular weight excluding hydrogens is 780 g/mol. The number of carbonyl (C=O) groups is 3. The minimum Gasteiger partial charge on any atom is -0.462 e. The highest BCUT2D eigenvalue weighted by Crippen LogP contribution is 2.35. The summed E-state index contributed by atoms with van der Waals surface area (Å²) in [5, 5.41) is 2.51. The van der Waals surface area contributed by atoms with Gasteiger partial charge in [-0.25, -0.2) is 4.79 Å². The fourth-order valence-electron chi connectivity index (χ4n) is 7.56. The van der Waals surface area contributed by atoms with Gasteiger partial charge in [-0.15, -0.1) is 0 Å². The number of H-pyrrole nitrogens is 4. The standard InChI is InChI=1S/C42H41FN8O9/c43-27-19-51(42(56)50-37(27)52)38-36(60-41(55)30(46)15-23-18-49-33-12-6-3-9-26(23)33)35(59-40(54)29(45)14-22-17-48-32-11-5-2-8-25(22)32)34(58-38)20-57-39(53)28(44)13-21-16-47-31-10-4-1-7-24(21)31/h1-12,16-19,28-30,34-36,38,47-49H,13-15,20,44-46H2,(H,50,52,56)/t28?,29?,30?,34-,35+,36+,38-/m1/s1. The molecule has 10 N–H and O–H groups in total. The Kier molecular flexibility index (Phi) is 11.2. The van der Waals surface area contributed by atoms with E-state index in [1.807, 2.05) is 77.8 Å². The van der Waals surface area contributed by atoms with Crippen LogP contribution in [-0.4, -0.2) is 85.5 Å². The summed E-state index contributed by atoms with van der Waals surface area (Å²) >= 11 is 0. The number of aromatic amines is 4. The van der Waals surface area contributed by atoms with Gasteiger partial charge in [-0.2, -0.15) is 4.39 Å². The highest BCUT2D eigenvalue weighted by molar-refractivity contribution is 5.86. The van der Waals surface area contributed by atoms with Gasteiger partial charge in [0.1, 0.15) is 30.8 Å². The molecule has 0 aliphatic carbocycles. The summed E-state index contributed by atoms with van der Waals surface area (Å²) < 4.78 is 39.0. The largest absolute Gasteiger partial charge is 0.462 e. The molecule has 17 nitrogen and oxygen atoms in total. The first kappa shape index (κ1) is 39.9. The van der Waals surface area contributed by atoms with Gasteiger partial charge < -0.3 is 51.1 Å². The summed E-state index contributed by atoms with van der Waals surface area (Å²) in [5.41, 5.74) is 21.3. The lowest BCUT2D eigenvalue weighted by Gasteiger charge is -2.27. The topological polar surface area (TPSA) is 268 Å². The van der Waals surface area contributed by atoms with E-state index in [-0.39, 0.29) is 19.3 Å². The molecule has 310 valence electrons. The Bertz CT molecular complexity index is 2830. The fourth-order valence-corrected chi connectivity index (χ4v) is 7.56. The zero-order valence-electron chi connectivity index (χ0n) is 31.8. The second kappa shape index (κ2) is 16.8. The van der Waals surface area contributed by atoms with Crippen LogP contribution >= 0.6 is 0 Å². The molecule has 18 heteroatoms. The number of fused-ring (bicyclic) bond motifs is 3. The predicted octanol–water partition coefficient (Wildman–Crippen LogP) is 2.09. The first-order valence-electron chi connectivity index (χ1n) is 19.1. The fraction of sp³-hybridized carbons (Fsp3) is 0.262. The molecular formula is C42H41FN8O9. The number of aromatic nitrogens is 5. The number of hydrogen-bond acceptors (Lipinski definition) is 12. The van der Waals surface area contributed by atoms with Gasteiger partial charge in [0.2, 0.25) is 5.82 Å². The summed E-state index contributed by atoms with van der Waals surface area (Å²) in [7, 11) is 0. The quantitative estimate of drug-likeness (QED) is 0.0614. The Morgan fingerprint density at radius 3 is 1.58 bits per heavy atom. The molecule has 1 aliphatic heterocycles. The van der Waals surface area contributed by atoms with E-state index < -0.39 is 84.2 Å². The summed E-state index contributed by atoms with van der Waals surface area (Å²) in [6, 6.07) is 18.5. The molecule has 0 saturated carbocycles. The van der Waals surface area contributed by atoms with Crippen molar-refractivity contribution in [2.45, 2.75) is 61.9 Å². The molecule has 1 saturated heterocycles. The summed E-state index contributed by atoms with van der Waals surface area (Å²) in [4.78, 5) is 77.5. The third-order valence-corrected chi connectivity index (χ3v) is 10.6. The molecule has 3 unspecified atom stereocenters. The molecule has 1 aliphatic rings. The maximum Gasteiger partial charge on any atom is 0.330 e. The Hall–Kier alpha value is -6.86. The van der Waals surface area contributed by atoms with Crippen molar-refractivity contribution in [1.29, 1.82) is 0 Å². The van der Waals surface area contributed by atoms with E-state index in [9.17, 15) is 28.4 Å². The van der Waals surface area contributed by atoms with Crippen molar-refractivity contribution in [1.82, 2.24) is 24.5 Å². The maximum atomic E-state index is 14.8. The van der Waals surface area contributed by atoms with Crippen LogP contribution in [0.5, 0.6) is 0 Å². The van der Waals surface area contributed by atoms with Crippen LogP contribution in [0.2, 0.25) is 0 Å². The van der Waals surface area contributed by atoms with E-state index in [1.165, 1.54) is 0 Å². The number of nitrogens with zero attached hydrogens (tertiary/aromatic N) is 1. The third-order valence-electron chi connectivity index (χ3n) is 10.6. The van der Waals surface area contributed by atoms with Gasteiger partial charge in [-0.1, -0.05) is 54.6 Å². The normalized spacial score (nSPS) is 19.3. The molecule has 4 aromatic heterocycles. The van der Waals surface area contributed by atoms with E-state index in [2.05, 4.69) is 15.0 Å². The van der Waals surface area contributed by atoms with E-state index in [0.29, 0.717) is 21.9 Å². The van der Waals surface area contributed by atoms with Gasteiger partial charge in [0.05, 0.1) is 6.20 Å². The van der Waals surface area contributed by atoms with Crippen molar-refractivity contribution >= 4 is 50.6 Å². The van der Waals surface area contributed by atoms with Gasteiger partial charge in [-0.05, 0) is 34.9 Å². The maximum absolute atomic E-state index is 14.8. The van der Waals surface area contributed by atoms with Gasteiger partial charge in [0.25, 0.3) is 5.56 Å². The lowest BCUT2D eigenvalue weighted by molar-refractivity contribution is -0.171. The highest BCUT2D eigenvalue weighted by Gasteiger charge is 2.52. The van der Waals surface area contributed by atoms with Crippen LogP contribution in [0.3, 0.4) is 0 Å². The first-order chi connectivity index (χ1) is 28.9. The highest BCUT2D eigenvalue weighted by atomic mass is 19.1. The Morgan fingerprint density at radius 2 is 1.10 bits per heavy atom. The van der Waals surface area contributed by atoms with Gasteiger partial charge >= 0.3 is 23.6 Å². The van der Waals surface area contributed by atoms with Crippen LogP contribution in [0.4, 0.5) is 4.39 Å². The van der Waals surface area contributed by atoms with Crippen molar-refractivity contribution in [2.24, 2.45) is 17.2 Å². The Morgan fingerprint density at radius 1 is 0.667 bits per heavy atom. The number of nitrogens with one attached hydrogen (secondary N) is 4. The molecule has 7 aromatic rings. The smallest absolute Gasteiger partial charge is 0.330 e.